The molecule has 0 spiro atoms. The molecule has 1 N–H and O–H groups in total. The summed E-state index contributed by atoms with van der Waals surface area (Å²) >= 11 is 10.5. The zero-order valence-corrected chi connectivity index (χ0v) is 16.5. The third-order valence-corrected chi connectivity index (χ3v) is 4.95. The van der Waals surface area contributed by atoms with Crippen molar-refractivity contribution in [3.8, 4) is 5.75 Å². The van der Waals surface area contributed by atoms with E-state index in [0.29, 0.717) is 0 Å². The average Bonchev–Trinajstić information content (AvgIpc) is 2.45. The Morgan fingerprint density at radius 2 is 1.62 bits per heavy atom. The number of hydrogen-bond acceptors (Lipinski definition) is 2. The van der Waals surface area contributed by atoms with Crippen molar-refractivity contribution in [1.29, 1.82) is 0 Å². The monoisotopic (exact) mass is 475 g/mol. The van der Waals surface area contributed by atoms with Gasteiger partial charge < -0.3 is 10.1 Å². The lowest BCUT2D eigenvalue weighted by atomic mass is 10.1. The molecule has 2 nitrogen and oxygen atoms in total. The van der Waals surface area contributed by atoms with Gasteiger partial charge in [-0.25, -0.2) is 0 Å². The van der Waals surface area contributed by atoms with Crippen molar-refractivity contribution < 1.29 is 4.74 Å². The van der Waals surface area contributed by atoms with Crippen LogP contribution >= 0.6 is 47.8 Å². The normalized spacial score (nSPS) is 12.2. The average molecular weight is 478 g/mol. The molecule has 1 atom stereocenters. The Balaban J connectivity index is 2.04. The molecular formula is C16H16Br3NO. The molecule has 21 heavy (non-hydrogen) atoms. The van der Waals surface area contributed by atoms with E-state index in [1.807, 2.05) is 0 Å². The highest BCUT2D eigenvalue weighted by atomic mass is 79.9. The molecule has 0 radical (unpaired) electrons. The van der Waals surface area contributed by atoms with Gasteiger partial charge in [0, 0.05) is 17.1 Å². The first kappa shape index (κ1) is 17.0. The molecule has 5 heteroatoms. The molecule has 0 saturated carbocycles. The summed E-state index contributed by atoms with van der Waals surface area (Å²) in [5.74, 6) is 0.819. The zero-order valence-electron chi connectivity index (χ0n) is 11.8. The van der Waals surface area contributed by atoms with Crippen LogP contribution in [-0.4, -0.2) is 7.11 Å². The first-order valence-corrected chi connectivity index (χ1v) is 8.90. The van der Waals surface area contributed by atoms with Crippen LogP contribution in [0.15, 0.2) is 49.8 Å². The van der Waals surface area contributed by atoms with Gasteiger partial charge in [-0.15, -0.1) is 0 Å². The third kappa shape index (κ3) is 4.55. The van der Waals surface area contributed by atoms with Gasteiger partial charge in [0.25, 0.3) is 0 Å². The topological polar surface area (TPSA) is 21.3 Å². The number of halogens is 3. The lowest BCUT2D eigenvalue weighted by Crippen LogP contribution is -2.18. The Hall–Kier alpha value is -0.360. The smallest absolute Gasteiger partial charge is 0.147 e. The molecule has 2 aromatic rings. The second-order valence-corrected chi connectivity index (χ2v) is 7.37. The van der Waals surface area contributed by atoms with Crippen molar-refractivity contribution in [2.45, 2.75) is 19.5 Å². The van der Waals surface area contributed by atoms with E-state index in [-0.39, 0.29) is 6.04 Å². The molecule has 0 aliphatic heterocycles. The maximum Gasteiger partial charge on any atom is 0.147 e. The predicted molar refractivity (Wildman–Crippen MR) is 97.8 cm³/mol. The number of benzene rings is 2. The number of rotatable bonds is 5. The van der Waals surface area contributed by atoms with Crippen molar-refractivity contribution in [1.82, 2.24) is 5.32 Å². The van der Waals surface area contributed by atoms with E-state index in [0.717, 1.165) is 25.7 Å². The minimum atomic E-state index is 0.290. The highest BCUT2D eigenvalue weighted by molar-refractivity contribution is 9.11. The molecule has 0 fully saturated rings. The fourth-order valence-electron chi connectivity index (χ4n) is 2.05. The van der Waals surface area contributed by atoms with Crippen LogP contribution in [0.2, 0.25) is 0 Å². The van der Waals surface area contributed by atoms with Gasteiger partial charge in [-0.3, -0.25) is 0 Å². The molecule has 0 saturated heterocycles. The second kappa shape index (κ2) is 7.77. The van der Waals surface area contributed by atoms with Gasteiger partial charge in [-0.1, -0.05) is 28.1 Å². The standard InChI is InChI=1S/C16H16Br3NO/c1-10(12-3-5-13(17)6-4-12)20-9-11-7-14(18)16(21-2)15(19)8-11/h3-8,10,20H,9H2,1-2H3/t10-/m1/s1. The van der Waals surface area contributed by atoms with E-state index < -0.39 is 0 Å². The first-order valence-electron chi connectivity index (χ1n) is 6.52. The minimum Gasteiger partial charge on any atom is -0.494 e. The van der Waals surface area contributed by atoms with Gasteiger partial charge in [0.2, 0.25) is 0 Å². The highest BCUT2D eigenvalue weighted by Crippen LogP contribution is 2.34. The Labute approximate surface area is 150 Å². The van der Waals surface area contributed by atoms with Crippen molar-refractivity contribution in [3.63, 3.8) is 0 Å². The van der Waals surface area contributed by atoms with Crippen molar-refractivity contribution >= 4 is 47.8 Å². The molecule has 0 aliphatic carbocycles. The summed E-state index contributed by atoms with van der Waals surface area (Å²) in [5, 5.41) is 3.53. The van der Waals surface area contributed by atoms with Gasteiger partial charge in [-0.2, -0.15) is 0 Å². The van der Waals surface area contributed by atoms with Crippen LogP contribution in [0.3, 0.4) is 0 Å². The Morgan fingerprint density at radius 3 is 2.14 bits per heavy atom. The van der Waals surface area contributed by atoms with Crippen LogP contribution < -0.4 is 10.1 Å². The summed E-state index contributed by atoms with van der Waals surface area (Å²) < 4.78 is 8.32. The van der Waals surface area contributed by atoms with E-state index in [1.54, 1.807) is 7.11 Å². The summed E-state index contributed by atoms with van der Waals surface area (Å²) in [6.07, 6.45) is 0. The maximum absolute atomic E-state index is 5.32. The Bertz CT molecular complexity index is 590. The molecule has 0 unspecified atom stereocenters. The molecule has 0 aliphatic rings. The van der Waals surface area contributed by atoms with Crippen LogP contribution in [0, 0.1) is 0 Å². The van der Waals surface area contributed by atoms with Crippen molar-refractivity contribution in [2.75, 3.05) is 7.11 Å². The fraction of sp³-hybridized carbons (Fsp3) is 0.250. The number of ether oxygens (including phenoxy) is 1. The predicted octanol–water partition coefficient (Wildman–Crippen LogP) is 5.83. The molecule has 0 amide bonds. The quantitative estimate of drug-likeness (QED) is 0.584. The number of nitrogens with one attached hydrogen (secondary N) is 1. The molecule has 0 bridgehead atoms. The first-order chi connectivity index (χ1) is 10.0. The third-order valence-electron chi connectivity index (χ3n) is 3.24. The van der Waals surface area contributed by atoms with Crippen molar-refractivity contribution in [3.05, 3.63) is 60.9 Å². The SMILES string of the molecule is COc1c(Br)cc(CN[C@H](C)c2ccc(Br)cc2)cc1Br. The van der Waals surface area contributed by atoms with Gasteiger partial charge in [-0.05, 0) is 74.2 Å². The van der Waals surface area contributed by atoms with Gasteiger partial charge in [0.1, 0.15) is 5.75 Å². The fourth-order valence-corrected chi connectivity index (χ4v) is 3.92. The van der Waals surface area contributed by atoms with Crippen LogP contribution in [0.25, 0.3) is 0 Å². The lowest BCUT2D eigenvalue weighted by Gasteiger charge is -2.15. The van der Waals surface area contributed by atoms with Crippen LogP contribution in [0.1, 0.15) is 24.1 Å². The summed E-state index contributed by atoms with van der Waals surface area (Å²) in [6.45, 7) is 2.95. The van der Waals surface area contributed by atoms with E-state index in [2.05, 4.69) is 96.4 Å². The van der Waals surface area contributed by atoms with Gasteiger partial charge >= 0.3 is 0 Å². The molecule has 112 valence electrons. The number of hydrogen-bond donors (Lipinski definition) is 1. The Morgan fingerprint density at radius 1 is 1.05 bits per heavy atom. The largest absolute Gasteiger partial charge is 0.494 e. The maximum atomic E-state index is 5.32. The van der Waals surface area contributed by atoms with Gasteiger partial charge in [0.15, 0.2) is 0 Å². The molecule has 0 aromatic heterocycles. The summed E-state index contributed by atoms with van der Waals surface area (Å²) in [7, 11) is 1.67. The lowest BCUT2D eigenvalue weighted by molar-refractivity contribution is 0.409. The summed E-state index contributed by atoms with van der Waals surface area (Å²) in [6, 6.07) is 12.8. The number of methoxy groups -OCH3 is 1. The van der Waals surface area contributed by atoms with Crippen LogP contribution in [0.4, 0.5) is 0 Å². The summed E-state index contributed by atoms with van der Waals surface area (Å²) in [4.78, 5) is 0. The van der Waals surface area contributed by atoms with Crippen LogP contribution in [-0.2, 0) is 6.54 Å². The van der Waals surface area contributed by atoms with Crippen LogP contribution in [0.5, 0.6) is 5.75 Å². The zero-order chi connectivity index (χ0) is 15.4. The minimum absolute atomic E-state index is 0.290. The second-order valence-electron chi connectivity index (χ2n) is 4.75. The van der Waals surface area contributed by atoms with Crippen molar-refractivity contribution in [2.24, 2.45) is 0 Å². The Kier molecular flexibility index (Phi) is 6.29. The van der Waals surface area contributed by atoms with E-state index in [4.69, 9.17) is 4.74 Å². The summed E-state index contributed by atoms with van der Waals surface area (Å²) in [5.41, 5.74) is 2.46. The van der Waals surface area contributed by atoms with Gasteiger partial charge in [0.05, 0.1) is 16.1 Å². The molecular weight excluding hydrogens is 462 g/mol. The van der Waals surface area contributed by atoms with E-state index in [9.17, 15) is 0 Å². The highest BCUT2D eigenvalue weighted by Gasteiger charge is 2.09. The van der Waals surface area contributed by atoms with E-state index in [1.165, 1.54) is 11.1 Å². The van der Waals surface area contributed by atoms with E-state index >= 15 is 0 Å². The molecule has 0 heterocycles. The molecule has 2 aromatic carbocycles. The molecule has 2 rings (SSSR count).